The second kappa shape index (κ2) is 11.0. The number of benzene rings is 3. The fraction of sp³-hybridized carbons (Fsp3) is 0.240. The van der Waals surface area contributed by atoms with E-state index in [2.05, 4.69) is 20.1 Å². The summed E-state index contributed by atoms with van der Waals surface area (Å²) in [5.41, 5.74) is 1.61. The molecule has 0 bridgehead atoms. The zero-order chi connectivity index (χ0) is 25.7. The lowest BCUT2D eigenvalue weighted by Crippen LogP contribution is -2.41. The van der Waals surface area contributed by atoms with E-state index < -0.39 is 16.1 Å². The van der Waals surface area contributed by atoms with Crippen LogP contribution in [0.3, 0.4) is 0 Å². The van der Waals surface area contributed by atoms with Crippen LogP contribution >= 0.6 is 11.3 Å². The summed E-state index contributed by atoms with van der Waals surface area (Å²) in [6.07, 6.45) is 2.14. The summed E-state index contributed by atoms with van der Waals surface area (Å²) in [4.78, 5) is 20.0. The number of hydrazone groups is 1. The van der Waals surface area contributed by atoms with Gasteiger partial charge in [0, 0.05) is 37.1 Å². The highest BCUT2D eigenvalue weighted by Gasteiger charge is 2.29. The lowest BCUT2D eigenvalue weighted by atomic mass is 10.1. The number of para-hydroxylation sites is 1. The first-order valence-corrected chi connectivity index (χ1v) is 13.7. The van der Waals surface area contributed by atoms with Gasteiger partial charge in [-0.25, -0.2) is 18.1 Å². The van der Waals surface area contributed by atoms with Gasteiger partial charge in [0.1, 0.15) is 6.34 Å². The molecule has 1 unspecified atom stereocenters. The molecule has 0 aliphatic heterocycles. The highest BCUT2D eigenvalue weighted by Crippen LogP contribution is 2.31. The molecule has 4 aromatic rings. The largest absolute Gasteiger partial charge is 0.377 e. The van der Waals surface area contributed by atoms with Crippen molar-refractivity contribution >= 4 is 60.2 Å². The molecule has 0 aliphatic carbocycles. The zero-order valence-electron chi connectivity index (χ0n) is 20.0. The Balaban J connectivity index is 1.68. The molecule has 9 nitrogen and oxygen atoms in total. The first kappa shape index (κ1) is 25.5. The fourth-order valence-corrected chi connectivity index (χ4v) is 6.45. The molecule has 0 aliphatic rings. The number of ketones is 1. The Kier molecular flexibility index (Phi) is 7.82. The highest BCUT2D eigenvalue weighted by atomic mass is 32.2. The summed E-state index contributed by atoms with van der Waals surface area (Å²) in [7, 11) is -0.224. The predicted molar refractivity (Wildman–Crippen MR) is 146 cm³/mol. The molecule has 11 heteroatoms. The van der Waals surface area contributed by atoms with Crippen LogP contribution in [0, 0.1) is 0 Å². The van der Waals surface area contributed by atoms with Crippen molar-refractivity contribution < 1.29 is 13.2 Å². The van der Waals surface area contributed by atoms with Crippen LogP contribution in [0.5, 0.6) is 0 Å². The minimum absolute atomic E-state index is 0.124. The molecule has 1 aromatic heterocycles. The van der Waals surface area contributed by atoms with E-state index >= 15 is 0 Å². The lowest BCUT2D eigenvalue weighted by molar-refractivity contribution is 0.0948. The van der Waals surface area contributed by atoms with Gasteiger partial charge in [0.25, 0.3) is 0 Å². The number of nitrogens with zero attached hydrogens (tertiary/aromatic N) is 3. The molecular formula is C25H28N6O3S2. The molecule has 0 fully saturated rings. The van der Waals surface area contributed by atoms with Crippen LogP contribution in [0.1, 0.15) is 22.6 Å². The van der Waals surface area contributed by atoms with Crippen LogP contribution in [0.2, 0.25) is 0 Å². The Labute approximate surface area is 214 Å². The van der Waals surface area contributed by atoms with Crippen molar-refractivity contribution in [1.29, 1.82) is 0 Å². The number of carbonyl (C=O) groups excluding carboxylic acids is 1. The topological polar surface area (TPSA) is 130 Å². The van der Waals surface area contributed by atoms with E-state index in [1.54, 1.807) is 18.2 Å². The van der Waals surface area contributed by atoms with E-state index in [1.165, 1.54) is 17.7 Å². The van der Waals surface area contributed by atoms with E-state index in [-0.39, 0.29) is 22.1 Å². The molecule has 1 atom stereocenters. The van der Waals surface area contributed by atoms with Crippen molar-refractivity contribution in [2.75, 3.05) is 25.5 Å². The van der Waals surface area contributed by atoms with Crippen molar-refractivity contribution in [2.45, 2.75) is 23.8 Å². The average molecular weight is 525 g/mol. The van der Waals surface area contributed by atoms with Crippen molar-refractivity contribution in [1.82, 2.24) is 15.0 Å². The number of carbonyl (C=O) groups is 1. The number of nitrogens with one attached hydrogen (secondary N) is 2. The zero-order valence-corrected chi connectivity index (χ0v) is 21.6. The van der Waals surface area contributed by atoms with Gasteiger partial charge in [-0.2, -0.15) is 5.10 Å². The van der Waals surface area contributed by atoms with Crippen molar-refractivity contribution in [3.05, 3.63) is 65.7 Å². The highest BCUT2D eigenvalue weighted by molar-refractivity contribution is 7.89. The number of hydrogen-bond acceptors (Lipinski definition) is 8. The minimum atomic E-state index is -4.04. The lowest BCUT2D eigenvalue weighted by Gasteiger charge is -2.19. The number of fused-ring (bicyclic) bond motifs is 2. The van der Waals surface area contributed by atoms with Crippen molar-refractivity contribution in [2.24, 2.45) is 10.9 Å². The monoisotopic (exact) mass is 524 g/mol. The van der Waals surface area contributed by atoms with Gasteiger partial charge in [0.05, 0.1) is 21.2 Å². The number of anilines is 1. The number of nitrogens with two attached hydrogens (primary N) is 1. The SMILES string of the molecule is CN(C)c1cccc2c(S(=O)(=O)NC(CCCNC=NN)C(=O)c3nc4ccccc4s3)cccc12. The number of Topliss-reactive ketones (excluding diaryl/α,β-unsaturated/α-hetero) is 1. The smallest absolute Gasteiger partial charge is 0.241 e. The summed E-state index contributed by atoms with van der Waals surface area (Å²) in [6, 6.07) is 17.1. The van der Waals surface area contributed by atoms with Gasteiger partial charge in [0.2, 0.25) is 15.8 Å². The Morgan fingerprint density at radius 3 is 2.61 bits per heavy atom. The first-order chi connectivity index (χ1) is 17.3. The average Bonchev–Trinajstić information content (AvgIpc) is 3.31. The van der Waals surface area contributed by atoms with Crippen molar-refractivity contribution in [3.63, 3.8) is 0 Å². The number of rotatable bonds is 11. The molecule has 0 spiro atoms. The van der Waals surface area contributed by atoms with E-state index in [0.29, 0.717) is 23.9 Å². The maximum atomic E-state index is 13.6. The molecule has 0 amide bonds. The molecule has 4 rings (SSSR count). The Bertz CT molecular complexity index is 1480. The molecule has 36 heavy (non-hydrogen) atoms. The maximum absolute atomic E-state index is 13.6. The van der Waals surface area contributed by atoms with Gasteiger partial charge in [-0.15, -0.1) is 11.3 Å². The maximum Gasteiger partial charge on any atom is 0.241 e. The van der Waals surface area contributed by atoms with Crippen LogP contribution in [0.15, 0.2) is 70.7 Å². The van der Waals surface area contributed by atoms with Gasteiger partial charge in [-0.3, -0.25) is 4.79 Å². The van der Waals surface area contributed by atoms with Crippen LogP contribution < -0.4 is 20.8 Å². The summed E-state index contributed by atoms with van der Waals surface area (Å²) in [5, 5.41) is 7.95. The summed E-state index contributed by atoms with van der Waals surface area (Å²) < 4.78 is 30.8. The molecule has 188 valence electrons. The standard InChI is InChI=1S/C25H28N6O3S2/c1-31(2)21-12-5-9-18-17(21)8-6-14-23(18)36(33,34)30-20(11-7-15-27-16-28-26)24(32)25-29-19-10-3-4-13-22(19)35-25/h3-6,8-10,12-14,16,20,30H,7,11,15,26H2,1-2H3,(H,27,28). The van der Waals surface area contributed by atoms with Crippen molar-refractivity contribution in [3.8, 4) is 0 Å². The fourth-order valence-electron chi connectivity index (χ4n) is 4.04. The second-order valence-electron chi connectivity index (χ2n) is 8.42. The Morgan fingerprint density at radius 2 is 1.86 bits per heavy atom. The van der Waals surface area contributed by atoms with E-state index in [4.69, 9.17) is 5.84 Å². The molecule has 0 saturated heterocycles. The third-order valence-corrected chi connectivity index (χ3v) is 8.31. The van der Waals surface area contributed by atoms with Gasteiger partial charge in [-0.1, -0.05) is 36.4 Å². The molecular weight excluding hydrogens is 496 g/mol. The number of thiazole rings is 1. The van der Waals surface area contributed by atoms with Crippen LogP contribution in [-0.2, 0) is 10.0 Å². The number of aromatic nitrogens is 1. The third kappa shape index (κ3) is 5.48. The molecule has 3 aromatic carbocycles. The molecule has 0 radical (unpaired) electrons. The van der Waals surface area contributed by atoms with Gasteiger partial charge >= 0.3 is 0 Å². The van der Waals surface area contributed by atoms with E-state index in [1.807, 2.05) is 61.5 Å². The predicted octanol–water partition coefficient (Wildman–Crippen LogP) is 3.32. The quantitative estimate of drug-likeness (QED) is 0.0685. The summed E-state index contributed by atoms with van der Waals surface area (Å²) >= 11 is 1.26. The molecule has 0 saturated carbocycles. The third-order valence-electron chi connectivity index (χ3n) is 5.73. The van der Waals surface area contributed by atoms with Crippen LogP contribution in [0.4, 0.5) is 5.69 Å². The summed E-state index contributed by atoms with van der Waals surface area (Å²) in [5.74, 6) is 4.75. The Hall–Kier alpha value is -3.54. The second-order valence-corrected chi connectivity index (χ2v) is 11.1. The van der Waals surface area contributed by atoms with Gasteiger partial charge in [-0.05, 0) is 37.1 Å². The summed E-state index contributed by atoms with van der Waals surface area (Å²) in [6.45, 7) is 0.479. The minimum Gasteiger partial charge on any atom is -0.377 e. The van der Waals surface area contributed by atoms with E-state index in [9.17, 15) is 13.2 Å². The van der Waals surface area contributed by atoms with Crippen LogP contribution in [0.25, 0.3) is 21.0 Å². The molecule has 1 heterocycles. The Morgan fingerprint density at radius 1 is 1.11 bits per heavy atom. The number of hydrogen-bond donors (Lipinski definition) is 3. The van der Waals surface area contributed by atoms with Gasteiger partial charge in [0.15, 0.2) is 5.01 Å². The normalized spacial score (nSPS) is 12.8. The van der Waals surface area contributed by atoms with Gasteiger partial charge < -0.3 is 16.1 Å². The molecule has 4 N–H and O–H groups in total. The number of sulfonamides is 1. The van der Waals surface area contributed by atoms with E-state index in [0.717, 1.165) is 15.8 Å². The first-order valence-electron chi connectivity index (χ1n) is 11.4. The van der Waals surface area contributed by atoms with Crippen LogP contribution in [-0.4, -0.2) is 52.2 Å².